The third kappa shape index (κ3) is 1.71. The van der Waals surface area contributed by atoms with Gasteiger partial charge in [-0.05, 0) is 25.1 Å². The number of carbonyl (C=O) groups excluding carboxylic acids is 1. The number of nitrogens with zero attached hydrogens (tertiary/aromatic N) is 3. The van der Waals surface area contributed by atoms with Crippen LogP contribution >= 0.6 is 0 Å². The molecule has 0 bridgehead atoms. The number of rotatable bonds is 2. The van der Waals surface area contributed by atoms with Crippen LogP contribution in [0.2, 0.25) is 0 Å². The van der Waals surface area contributed by atoms with E-state index in [1.165, 1.54) is 4.68 Å². The molecule has 0 atom stereocenters. The minimum absolute atomic E-state index is 0.365. The molecule has 0 aliphatic rings. The maximum Gasteiger partial charge on any atom is 0.252 e. The molecule has 0 aliphatic carbocycles. The SMILES string of the molecule is Cc1ccc(C(N)=O)c(-n2cccn2)n1. The first-order chi connectivity index (χ1) is 7.18. The molecule has 0 saturated carbocycles. The summed E-state index contributed by atoms with van der Waals surface area (Å²) in [5, 5.41) is 4.02. The number of carbonyl (C=O) groups is 1. The second-order valence-corrected chi connectivity index (χ2v) is 3.14. The molecule has 5 heteroatoms. The Kier molecular flexibility index (Phi) is 2.21. The summed E-state index contributed by atoms with van der Waals surface area (Å²) in [7, 11) is 0. The highest BCUT2D eigenvalue weighted by molar-refractivity contribution is 5.95. The number of primary amides is 1. The van der Waals surface area contributed by atoms with Crippen molar-refractivity contribution in [3.05, 3.63) is 41.9 Å². The summed E-state index contributed by atoms with van der Waals surface area (Å²) in [5.41, 5.74) is 6.43. The highest BCUT2D eigenvalue weighted by Crippen LogP contribution is 2.11. The lowest BCUT2D eigenvalue weighted by Crippen LogP contribution is -2.16. The van der Waals surface area contributed by atoms with Gasteiger partial charge in [0, 0.05) is 18.1 Å². The van der Waals surface area contributed by atoms with Gasteiger partial charge in [-0.3, -0.25) is 4.79 Å². The van der Waals surface area contributed by atoms with E-state index in [1.54, 1.807) is 30.6 Å². The first-order valence-electron chi connectivity index (χ1n) is 4.46. The van der Waals surface area contributed by atoms with Crippen molar-refractivity contribution in [3.8, 4) is 5.82 Å². The Morgan fingerprint density at radius 3 is 2.87 bits per heavy atom. The third-order valence-corrected chi connectivity index (χ3v) is 2.00. The van der Waals surface area contributed by atoms with E-state index < -0.39 is 5.91 Å². The van der Waals surface area contributed by atoms with Crippen molar-refractivity contribution >= 4 is 5.91 Å². The Morgan fingerprint density at radius 1 is 1.47 bits per heavy atom. The average molecular weight is 202 g/mol. The molecule has 2 aromatic rings. The van der Waals surface area contributed by atoms with Crippen molar-refractivity contribution < 1.29 is 4.79 Å². The molecule has 2 rings (SSSR count). The number of nitrogens with two attached hydrogens (primary N) is 1. The van der Waals surface area contributed by atoms with Gasteiger partial charge >= 0.3 is 0 Å². The lowest BCUT2D eigenvalue weighted by atomic mass is 10.2. The molecule has 0 saturated heterocycles. The molecule has 0 unspecified atom stereocenters. The van der Waals surface area contributed by atoms with Crippen LogP contribution in [0.25, 0.3) is 5.82 Å². The largest absolute Gasteiger partial charge is 0.365 e. The number of hydrogen-bond acceptors (Lipinski definition) is 3. The van der Waals surface area contributed by atoms with Crippen molar-refractivity contribution in [3.63, 3.8) is 0 Å². The highest BCUT2D eigenvalue weighted by Gasteiger charge is 2.11. The second-order valence-electron chi connectivity index (χ2n) is 3.14. The van der Waals surface area contributed by atoms with Gasteiger partial charge in [0.15, 0.2) is 5.82 Å². The standard InChI is InChI=1S/C10H10N4O/c1-7-3-4-8(9(11)15)10(13-7)14-6-2-5-12-14/h2-6H,1H3,(H2,11,15). The molecule has 0 spiro atoms. The van der Waals surface area contributed by atoms with Crippen molar-refractivity contribution in [1.29, 1.82) is 0 Å². The fourth-order valence-corrected chi connectivity index (χ4v) is 1.30. The van der Waals surface area contributed by atoms with E-state index in [4.69, 9.17) is 5.73 Å². The van der Waals surface area contributed by atoms with E-state index in [-0.39, 0.29) is 0 Å². The normalized spacial score (nSPS) is 10.2. The third-order valence-electron chi connectivity index (χ3n) is 2.00. The molecule has 2 N–H and O–H groups in total. The number of amides is 1. The van der Waals surface area contributed by atoms with Crippen LogP contribution in [0.4, 0.5) is 0 Å². The highest BCUT2D eigenvalue weighted by atomic mass is 16.1. The van der Waals surface area contributed by atoms with Crippen LogP contribution in [0.3, 0.4) is 0 Å². The monoisotopic (exact) mass is 202 g/mol. The van der Waals surface area contributed by atoms with Gasteiger partial charge in [-0.2, -0.15) is 5.10 Å². The summed E-state index contributed by atoms with van der Waals surface area (Å²) >= 11 is 0. The Bertz CT molecular complexity index is 490. The summed E-state index contributed by atoms with van der Waals surface area (Å²) in [6, 6.07) is 5.16. The molecular weight excluding hydrogens is 192 g/mol. The van der Waals surface area contributed by atoms with Crippen molar-refractivity contribution in [2.75, 3.05) is 0 Å². The molecule has 0 radical (unpaired) electrons. The van der Waals surface area contributed by atoms with E-state index in [0.717, 1.165) is 5.69 Å². The maximum atomic E-state index is 11.2. The molecule has 0 fully saturated rings. The lowest BCUT2D eigenvalue weighted by molar-refractivity contribution is 0.1000. The summed E-state index contributed by atoms with van der Waals surface area (Å²) in [5.74, 6) is -0.0412. The number of hydrogen-bond donors (Lipinski definition) is 1. The number of pyridine rings is 1. The Hall–Kier alpha value is -2.17. The summed E-state index contributed by atoms with van der Waals surface area (Å²) in [6.07, 6.45) is 3.34. The second kappa shape index (κ2) is 3.53. The first kappa shape index (κ1) is 9.39. The van der Waals surface area contributed by atoms with Crippen molar-refractivity contribution in [2.24, 2.45) is 5.73 Å². The average Bonchev–Trinajstić information content (AvgIpc) is 2.69. The molecule has 5 nitrogen and oxygen atoms in total. The Balaban J connectivity index is 2.63. The molecule has 1 amide bonds. The van der Waals surface area contributed by atoms with Crippen LogP contribution in [0.15, 0.2) is 30.6 Å². The minimum atomic E-state index is -0.506. The zero-order valence-corrected chi connectivity index (χ0v) is 8.21. The fraction of sp³-hybridized carbons (Fsp3) is 0.100. The van der Waals surface area contributed by atoms with Crippen molar-refractivity contribution in [1.82, 2.24) is 14.8 Å². The maximum absolute atomic E-state index is 11.2. The smallest absolute Gasteiger partial charge is 0.252 e. The summed E-state index contributed by atoms with van der Waals surface area (Å²) in [4.78, 5) is 15.4. The zero-order valence-electron chi connectivity index (χ0n) is 8.21. The van der Waals surface area contributed by atoms with Gasteiger partial charge in [0.1, 0.15) is 0 Å². The molecule has 0 aliphatic heterocycles. The molecule has 0 aromatic carbocycles. The topological polar surface area (TPSA) is 73.8 Å². The Labute approximate surface area is 86.5 Å². The van der Waals surface area contributed by atoms with Gasteiger partial charge in [-0.15, -0.1) is 0 Å². The number of aromatic nitrogens is 3. The first-order valence-corrected chi connectivity index (χ1v) is 4.46. The summed E-state index contributed by atoms with van der Waals surface area (Å²) in [6.45, 7) is 1.85. The molecule has 2 aromatic heterocycles. The van der Waals surface area contributed by atoms with E-state index in [9.17, 15) is 4.79 Å². The quantitative estimate of drug-likeness (QED) is 0.778. The van der Waals surface area contributed by atoms with Gasteiger partial charge in [-0.25, -0.2) is 9.67 Å². The molecule has 15 heavy (non-hydrogen) atoms. The van der Waals surface area contributed by atoms with Gasteiger partial charge in [0.2, 0.25) is 0 Å². The van der Waals surface area contributed by atoms with E-state index in [0.29, 0.717) is 11.4 Å². The fourth-order valence-electron chi connectivity index (χ4n) is 1.30. The van der Waals surface area contributed by atoms with Crippen LogP contribution in [-0.2, 0) is 0 Å². The number of aryl methyl sites for hydroxylation is 1. The van der Waals surface area contributed by atoms with Gasteiger partial charge in [-0.1, -0.05) is 0 Å². The van der Waals surface area contributed by atoms with Crippen LogP contribution in [-0.4, -0.2) is 20.7 Å². The predicted molar refractivity (Wildman–Crippen MR) is 54.6 cm³/mol. The molecular formula is C10H10N4O. The van der Waals surface area contributed by atoms with Crippen molar-refractivity contribution in [2.45, 2.75) is 6.92 Å². The lowest BCUT2D eigenvalue weighted by Gasteiger charge is -2.06. The minimum Gasteiger partial charge on any atom is -0.365 e. The van der Waals surface area contributed by atoms with Crippen LogP contribution in [0, 0.1) is 6.92 Å². The van der Waals surface area contributed by atoms with Gasteiger partial charge in [0.05, 0.1) is 5.56 Å². The zero-order chi connectivity index (χ0) is 10.8. The van der Waals surface area contributed by atoms with E-state index >= 15 is 0 Å². The van der Waals surface area contributed by atoms with Crippen LogP contribution < -0.4 is 5.73 Å². The van der Waals surface area contributed by atoms with Gasteiger partial charge in [0.25, 0.3) is 5.91 Å². The summed E-state index contributed by atoms with van der Waals surface area (Å²) < 4.78 is 1.52. The Morgan fingerprint density at radius 2 is 2.27 bits per heavy atom. The van der Waals surface area contributed by atoms with Gasteiger partial charge < -0.3 is 5.73 Å². The van der Waals surface area contributed by atoms with E-state index in [1.807, 2.05) is 6.92 Å². The van der Waals surface area contributed by atoms with Crippen LogP contribution in [0.1, 0.15) is 16.1 Å². The van der Waals surface area contributed by atoms with E-state index in [2.05, 4.69) is 10.1 Å². The molecule has 2 heterocycles. The predicted octanol–water partition coefficient (Wildman–Crippen LogP) is 0.675. The van der Waals surface area contributed by atoms with Crippen LogP contribution in [0.5, 0.6) is 0 Å². The molecule has 76 valence electrons.